The first-order valence-electron chi connectivity index (χ1n) is 7.63. The van der Waals surface area contributed by atoms with Crippen LogP contribution in [0, 0.1) is 0 Å². The van der Waals surface area contributed by atoms with Crippen molar-refractivity contribution in [1.29, 1.82) is 0 Å². The minimum Gasteiger partial charge on any atom is -0.489 e. The van der Waals surface area contributed by atoms with Crippen molar-refractivity contribution >= 4 is 17.5 Å². The van der Waals surface area contributed by atoms with Crippen LogP contribution < -0.4 is 10.1 Å². The van der Waals surface area contributed by atoms with Crippen molar-refractivity contribution in [2.24, 2.45) is 0 Å². The lowest BCUT2D eigenvalue weighted by Gasteiger charge is -2.08. The Hall–Kier alpha value is -3.00. The summed E-state index contributed by atoms with van der Waals surface area (Å²) in [6, 6.07) is 22.5. The largest absolute Gasteiger partial charge is 0.489 e. The molecule has 0 amide bonds. The zero-order valence-electron chi connectivity index (χ0n) is 12.7. The number of hydrogen-bond donors (Lipinski definition) is 0. The molecule has 3 aromatic carbocycles. The number of para-hydroxylation sites is 1. The highest BCUT2D eigenvalue weighted by Gasteiger charge is 2.19. The molecule has 0 atom stereocenters. The van der Waals surface area contributed by atoms with Gasteiger partial charge in [0.2, 0.25) is 0 Å². The Morgan fingerprint density at radius 3 is 2.48 bits per heavy atom. The fourth-order valence-electron chi connectivity index (χ4n) is 2.77. The first kappa shape index (κ1) is 13.6. The Bertz CT molecular complexity index is 865. The number of ether oxygens (including phenoxy) is 1. The van der Waals surface area contributed by atoms with Gasteiger partial charge >= 0.3 is 0 Å². The fourth-order valence-corrected chi connectivity index (χ4v) is 2.77. The normalized spacial score (nSPS) is 11.3. The van der Waals surface area contributed by atoms with E-state index in [1.807, 2.05) is 48.5 Å². The van der Waals surface area contributed by atoms with Gasteiger partial charge in [0.25, 0.3) is 0 Å². The zero-order valence-corrected chi connectivity index (χ0v) is 12.7. The van der Waals surface area contributed by atoms with E-state index in [2.05, 4.69) is 36.2 Å². The molecular formula is C21H16NO. The Morgan fingerprint density at radius 2 is 1.65 bits per heavy atom. The molecule has 1 heterocycles. The van der Waals surface area contributed by atoms with Crippen molar-refractivity contribution in [2.75, 3.05) is 0 Å². The van der Waals surface area contributed by atoms with Crippen LogP contribution in [0.25, 0.3) is 17.2 Å². The van der Waals surface area contributed by atoms with Gasteiger partial charge in [0.1, 0.15) is 12.4 Å². The number of rotatable bonds is 4. The summed E-state index contributed by atoms with van der Waals surface area (Å²) in [7, 11) is 0. The van der Waals surface area contributed by atoms with E-state index in [0.717, 1.165) is 28.3 Å². The molecule has 0 bridgehead atoms. The third-order valence-corrected chi connectivity index (χ3v) is 4.03. The Morgan fingerprint density at radius 1 is 0.870 bits per heavy atom. The van der Waals surface area contributed by atoms with Crippen molar-refractivity contribution in [3.05, 3.63) is 84.4 Å². The Balaban J connectivity index is 1.51. The van der Waals surface area contributed by atoms with Crippen LogP contribution in [0.15, 0.2) is 73.3 Å². The Labute approximate surface area is 136 Å². The minimum atomic E-state index is 0.545. The lowest BCUT2D eigenvalue weighted by molar-refractivity contribution is 0.306. The first-order valence-corrected chi connectivity index (χ1v) is 7.63. The van der Waals surface area contributed by atoms with Gasteiger partial charge in [-0.05, 0) is 29.3 Å². The van der Waals surface area contributed by atoms with Gasteiger partial charge in [0.15, 0.2) is 0 Å². The van der Waals surface area contributed by atoms with Gasteiger partial charge in [-0.25, -0.2) is 5.32 Å². The maximum absolute atomic E-state index is 5.90. The summed E-state index contributed by atoms with van der Waals surface area (Å²) in [4.78, 5) is 0. The van der Waals surface area contributed by atoms with Gasteiger partial charge in [-0.3, -0.25) is 0 Å². The summed E-state index contributed by atoms with van der Waals surface area (Å²) < 4.78 is 5.90. The minimum absolute atomic E-state index is 0.545. The molecule has 1 aliphatic rings. The van der Waals surface area contributed by atoms with Crippen LogP contribution in [-0.4, -0.2) is 0 Å². The average molecular weight is 298 g/mol. The monoisotopic (exact) mass is 298 g/mol. The van der Waals surface area contributed by atoms with Gasteiger partial charge in [-0.15, -0.1) is 0 Å². The quantitative estimate of drug-likeness (QED) is 0.491. The van der Waals surface area contributed by atoms with Crippen LogP contribution in [0.1, 0.15) is 11.1 Å². The van der Waals surface area contributed by atoms with Gasteiger partial charge in [-0.1, -0.05) is 55.1 Å². The van der Waals surface area contributed by atoms with Crippen LogP contribution in [0.3, 0.4) is 0 Å². The van der Waals surface area contributed by atoms with Crippen molar-refractivity contribution in [1.82, 2.24) is 5.32 Å². The second-order valence-corrected chi connectivity index (χ2v) is 5.54. The summed E-state index contributed by atoms with van der Waals surface area (Å²) in [6.07, 6.45) is 1.84. The average Bonchev–Trinajstić information content (AvgIpc) is 2.98. The lowest BCUT2D eigenvalue weighted by Crippen LogP contribution is -1.95. The molecule has 0 aliphatic carbocycles. The predicted octanol–water partition coefficient (Wildman–Crippen LogP) is 5.46. The van der Waals surface area contributed by atoms with E-state index < -0.39 is 0 Å². The van der Waals surface area contributed by atoms with Crippen molar-refractivity contribution in [3.63, 3.8) is 0 Å². The van der Waals surface area contributed by atoms with Gasteiger partial charge in [0, 0.05) is 17.2 Å². The van der Waals surface area contributed by atoms with Gasteiger partial charge in [0.05, 0.1) is 11.4 Å². The van der Waals surface area contributed by atoms with Crippen LogP contribution in [0.5, 0.6) is 5.75 Å². The Kier molecular flexibility index (Phi) is 3.35. The predicted molar refractivity (Wildman–Crippen MR) is 94.2 cm³/mol. The second kappa shape index (κ2) is 5.65. The summed E-state index contributed by atoms with van der Waals surface area (Å²) in [5, 5.41) is 4.66. The number of benzene rings is 3. The number of fused-ring (bicyclic) bond motifs is 3. The van der Waals surface area contributed by atoms with E-state index in [9.17, 15) is 0 Å². The van der Waals surface area contributed by atoms with E-state index in [1.165, 1.54) is 11.1 Å². The lowest BCUT2D eigenvalue weighted by atomic mass is 10.1. The second-order valence-electron chi connectivity index (χ2n) is 5.54. The zero-order chi connectivity index (χ0) is 15.6. The highest BCUT2D eigenvalue weighted by molar-refractivity contribution is 5.90. The third kappa shape index (κ3) is 2.59. The SMILES string of the molecule is C=Cc1ccc(COc2ccc3c(c2)[N]c2ccccc2-3)cc1. The van der Waals surface area contributed by atoms with E-state index in [-0.39, 0.29) is 0 Å². The molecule has 4 rings (SSSR count). The molecule has 0 unspecified atom stereocenters. The third-order valence-electron chi connectivity index (χ3n) is 4.03. The summed E-state index contributed by atoms with van der Waals surface area (Å²) in [5.41, 5.74) is 6.61. The maximum atomic E-state index is 5.90. The highest BCUT2D eigenvalue weighted by Crippen LogP contribution is 2.43. The molecule has 111 valence electrons. The molecular weight excluding hydrogens is 282 g/mol. The molecule has 0 saturated heterocycles. The molecule has 3 aromatic rings. The van der Waals surface area contributed by atoms with Crippen LogP contribution in [-0.2, 0) is 6.61 Å². The molecule has 0 N–H and O–H groups in total. The fraction of sp³-hybridized carbons (Fsp3) is 0.0476. The smallest absolute Gasteiger partial charge is 0.122 e. The van der Waals surface area contributed by atoms with Crippen LogP contribution in [0.4, 0.5) is 11.4 Å². The van der Waals surface area contributed by atoms with E-state index in [1.54, 1.807) is 0 Å². The summed E-state index contributed by atoms with van der Waals surface area (Å²) in [6.45, 7) is 4.31. The van der Waals surface area contributed by atoms with E-state index in [4.69, 9.17) is 4.74 Å². The number of hydrogen-bond acceptors (Lipinski definition) is 1. The molecule has 0 saturated carbocycles. The molecule has 0 fully saturated rings. The van der Waals surface area contributed by atoms with Gasteiger partial charge in [-0.2, -0.15) is 0 Å². The van der Waals surface area contributed by atoms with E-state index in [0.29, 0.717) is 6.61 Å². The molecule has 1 radical (unpaired) electrons. The van der Waals surface area contributed by atoms with Gasteiger partial charge < -0.3 is 4.74 Å². The van der Waals surface area contributed by atoms with Crippen molar-refractivity contribution in [3.8, 4) is 16.9 Å². The molecule has 23 heavy (non-hydrogen) atoms. The van der Waals surface area contributed by atoms with Crippen LogP contribution >= 0.6 is 0 Å². The molecule has 2 heteroatoms. The summed E-state index contributed by atoms with van der Waals surface area (Å²) in [5.74, 6) is 0.841. The maximum Gasteiger partial charge on any atom is 0.122 e. The van der Waals surface area contributed by atoms with Crippen molar-refractivity contribution < 1.29 is 4.74 Å². The standard InChI is InChI=1S/C21H16NO/c1-2-15-7-9-16(10-8-15)14-23-17-11-12-19-18-5-3-4-6-20(18)22-21(19)13-17/h2-13H,1,14H2. The molecule has 2 nitrogen and oxygen atoms in total. The first-order chi connectivity index (χ1) is 11.3. The molecule has 1 aliphatic heterocycles. The van der Waals surface area contributed by atoms with Crippen molar-refractivity contribution in [2.45, 2.75) is 6.61 Å². The number of nitrogens with zero attached hydrogens (tertiary/aromatic N) is 1. The highest BCUT2D eigenvalue weighted by atomic mass is 16.5. The van der Waals surface area contributed by atoms with Crippen LogP contribution in [0.2, 0.25) is 0 Å². The summed E-state index contributed by atoms with van der Waals surface area (Å²) >= 11 is 0. The molecule has 0 aromatic heterocycles. The molecule has 0 spiro atoms. The van der Waals surface area contributed by atoms with E-state index >= 15 is 0 Å². The topological polar surface area (TPSA) is 23.3 Å².